The van der Waals surface area contributed by atoms with Crippen LogP contribution in [0.4, 0.5) is 29.2 Å². The van der Waals surface area contributed by atoms with Crippen LogP contribution in [0.3, 0.4) is 0 Å². The number of aromatic nitrogens is 3. The summed E-state index contributed by atoms with van der Waals surface area (Å²) in [4.78, 5) is 19.5. The minimum absolute atomic E-state index is 0.0302. The van der Waals surface area contributed by atoms with E-state index < -0.39 is 23.5 Å². The number of hydrogen-bond donors (Lipinski definition) is 2. The number of pyridine rings is 1. The van der Waals surface area contributed by atoms with E-state index in [0.717, 1.165) is 6.07 Å². The van der Waals surface area contributed by atoms with Crippen LogP contribution in [-0.4, -0.2) is 20.4 Å². The Balaban J connectivity index is 1.61. The van der Waals surface area contributed by atoms with E-state index in [-0.39, 0.29) is 18.1 Å². The molecule has 0 aliphatic rings. The fraction of sp³-hybridized carbons (Fsp3) is 0.136. The van der Waals surface area contributed by atoms with Crippen molar-refractivity contribution in [3.8, 4) is 11.5 Å². The van der Waals surface area contributed by atoms with Gasteiger partial charge >= 0.3 is 6.18 Å². The number of halogens is 4. The van der Waals surface area contributed by atoms with E-state index in [0.29, 0.717) is 40.4 Å². The molecule has 3 N–H and O–H groups in total. The summed E-state index contributed by atoms with van der Waals surface area (Å²) < 4.78 is 60.5. The van der Waals surface area contributed by atoms with Gasteiger partial charge in [0.2, 0.25) is 11.9 Å². The summed E-state index contributed by atoms with van der Waals surface area (Å²) >= 11 is 0. The summed E-state index contributed by atoms with van der Waals surface area (Å²) in [6.07, 6.45) is -3.15. The number of fused-ring (bicyclic) bond motifs is 1. The van der Waals surface area contributed by atoms with Crippen molar-refractivity contribution >= 4 is 28.6 Å². The number of nitrogens with one attached hydrogen (secondary N) is 1. The molecule has 4 rings (SSSR count). The van der Waals surface area contributed by atoms with E-state index >= 15 is 0 Å². The third kappa shape index (κ3) is 4.86. The normalized spacial score (nSPS) is 11.5. The third-order valence-electron chi connectivity index (χ3n) is 4.77. The van der Waals surface area contributed by atoms with E-state index in [1.54, 1.807) is 41.9 Å². The molecule has 0 aliphatic heterocycles. The number of nitrogens with zero attached hydrogens (tertiary/aromatic N) is 3. The molecule has 0 unspecified atom stereocenters. The summed E-state index contributed by atoms with van der Waals surface area (Å²) in [7, 11) is 1.64. The molecule has 33 heavy (non-hydrogen) atoms. The summed E-state index contributed by atoms with van der Waals surface area (Å²) in [5.41, 5.74) is 5.42. The fourth-order valence-electron chi connectivity index (χ4n) is 3.20. The van der Waals surface area contributed by atoms with Gasteiger partial charge in [0.1, 0.15) is 17.3 Å². The van der Waals surface area contributed by atoms with Gasteiger partial charge in [0.15, 0.2) is 0 Å². The Bertz CT molecular complexity index is 1350. The summed E-state index contributed by atoms with van der Waals surface area (Å²) in [5.74, 6) is -0.363. The zero-order valence-corrected chi connectivity index (χ0v) is 17.2. The number of hydrogen-bond acceptors (Lipinski definition) is 5. The van der Waals surface area contributed by atoms with Crippen LogP contribution in [0.1, 0.15) is 11.3 Å². The van der Waals surface area contributed by atoms with Gasteiger partial charge in [-0.3, -0.25) is 9.78 Å². The van der Waals surface area contributed by atoms with E-state index in [1.165, 1.54) is 6.20 Å². The van der Waals surface area contributed by atoms with Crippen LogP contribution in [0.15, 0.2) is 54.7 Å². The van der Waals surface area contributed by atoms with Gasteiger partial charge in [0, 0.05) is 25.4 Å². The highest BCUT2D eigenvalue weighted by Crippen LogP contribution is 2.33. The number of rotatable bonds is 6. The zero-order valence-electron chi connectivity index (χ0n) is 17.2. The number of anilines is 2. The molecule has 1 amide bonds. The molecule has 7 nitrogen and oxygen atoms in total. The number of nitrogens with two attached hydrogens (primary N) is 1. The van der Waals surface area contributed by atoms with Crippen molar-refractivity contribution < 1.29 is 27.1 Å². The van der Waals surface area contributed by atoms with E-state index in [9.17, 15) is 22.4 Å². The van der Waals surface area contributed by atoms with Gasteiger partial charge in [-0.2, -0.15) is 13.2 Å². The molecule has 2 aromatic carbocycles. The molecule has 0 saturated heterocycles. The first-order valence-electron chi connectivity index (χ1n) is 9.61. The van der Waals surface area contributed by atoms with Crippen molar-refractivity contribution in [2.75, 3.05) is 5.32 Å². The van der Waals surface area contributed by atoms with Gasteiger partial charge < -0.3 is 20.4 Å². The molecule has 170 valence electrons. The number of imidazole rings is 1. The lowest BCUT2D eigenvalue weighted by Crippen LogP contribution is -2.14. The number of aryl methyl sites for hydroxylation is 1. The maximum atomic E-state index is 14.1. The van der Waals surface area contributed by atoms with E-state index in [1.807, 2.05) is 0 Å². The Morgan fingerprint density at radius 3 is 2.61 bits per heavy atom. The SMILES string of the molecule is Cn1c(Nc2cc(C(F)(F)F)ccc2F)nc2cc(Oc3ccnc(CC(N)=O)c3)ccc21. The number of carbonyl (C=O) groups excluding carboxylic acids is 1. The number of benzene rings is 2. The van der Waals surface area contributed by atoms with Crippen molar-refractivity contribution in [2.45, 2.75) is 12.6 Å². The van der Waals surface area contributed by atoms with Crippen LogP contribution >= 0.6 is 0 Å². The number of carbonyl (C=O) groups is 1. The molecule has 2 aromatic heterocycles. The van der Waals surface area contributed by atoms with Gasteiger partial charge in [0.25, 0.3) is 0 Å². The van der Waals surface area contributed by atoms with Gasteiger partial charge in [-0.1, -0.05) is 0 Å². The lowest BCUT2D eigenvalue weighted by molar-refractivity contribution is -0.137. The number of ether oxygens (including phenoxy) is 1. The fourth-order valence-corrected chi connectivity index (χ4v) is 3.20. The average molecular weight is 459 g/mol. The molecule has 11 heteroatoms. The predicted molar refractivity (Wildman–Crippen MR) is 113 cm³/mol. The topological polar surface area (TPSA) is 95.1 Å². The van der Waals surface area contributed by atoms with Crippen LogP contribution in [0.2, 0.25) is 0 Å². The molecule has 2 heterocycles. The van der Waals surface area contributed by atoms with Crippen LogP contribution < -0.4 is 15.8 Å². The van der Waals surface area contributed by atoms with Gasteiger partial charge in [-0.15, -0.1) is 0 Å². The first-order chi connectivity index (χ1) is 15.6. The molecule has 0 bridgehead atoms. The van der Waals surface area contributed by atoms with Gasteiger partial charge in [0.05, 0.1) is 34.4 Å². The Kier molecular flexibility index (Phi) is 5.62. The molecule has 0 fully saturated rings. The average Bonchev–Trinajstić information content (AvgIpc) is 3.03. The van der Waals surface area contributed by atoms with Crippen LogP contribution in [0, 0.1) is 5.82 Å². The molecular formula is C22H17F4N5O2. The zero-order chi connectivity index (χ0) is 23.8. The predicted octanol–water partition coefficient (Wildman–Crippen LogP) is 4.69. The van der Waals surface area contributed by atoms with E-state index in [4.69, 9.17) is 10.5 Å². The molecule has 0 spiro atoms. The Morgan fingerprint density at radius 2 is 1.88 bits per heavy atom. The van der Waals surface area contributed by atoms with Crippen LogP contribution in [0.25, 0.3) is 11.0 Å². The minimum Gasteiger partial charge on any atom is -0.457 e. The first kappa shape index (κ1) is 22.1. The lowest BCUT2D eigenvalue weighted by Gasteiger charge is -2.11. The second-order valence-electron chi connectivity index (χ2n) is 7.19. The van der Waals surface area contributed by atoms with Crippen molar-refractivity contribution in [1.82, 2.24) is 14.5 Å². The molecule has 0 aliphatic carbocycles. The Hall–Kier alpha value is -4.15. The Labute approximate surface area is 184 Å². The summed E-state index contributed by atoms with van der Waals surface area (Å²) in [6, 6.07) is 10.3. The third-order valence-corrected chi connectivity index (χ3v) is 4.77. The summed E-state index contributed by atoms with van der Waals surface area (Å²) in [5, 5.41) is 2.62. The number of alkyl halides is 3. The standard InChI is InChI=1S/C22H17F4N5O2/c1-31-19-5-3-14(33-15-6-7-28-13(9-15)10-20(27)32)11-18(19)30-21(31)29-17-8-12(22(24,25)26)2-4-16(17)23/h2-9,11H,10H2,1H3,(H2,27,32)(H,29,30). The second kappa shape index (κ2) is 8.41. The van der Waals surface area contributed by atoms with Gasteiger partial charge in [-0.05, 0) is 36.4 Å². The highest BCUT2D eigenvalue weighted by molar-refractivity contribution is 5.81. The molecule has 0 saturated carbocycles. The quantitative estimate of drug-likeness (QED) is 0.408. The monoisotopic (exact) mass is 459 g/mol. The largest absolute Gasteiger partial charge is 0.457 e. The van der Waals surface area contributed by atoms with Crippen molar-refractivity contribution in [2.24, 2.45) is 12.8 Å². The van der Waals surface area contributed by atoms with Crippen LogP contribution in [0.5, 0.6) is 11.5 Å². The Morgan fingerprint density at radius 1 is 1.12 bits per heavy atom. The first-order valence-corrected chi connectivity index (χ1v) is 9.61. The van der Waals surface area contributed by atoms with Gasteiger partial charge in [-0.25, -0.2) is 9.37 Å². The minimum atomic E-state index is -4.60. The molecule has 4 aromatic rings. The molecule has 0 radical (unpaired) electrons. The highest BCUT2D eigenvalue weighted by atomic mass is 19.4. The van der Waals surface area contributed by atoms with Crippen molar-refractivity contribution in [1.29, 1.82) is 0 Å². The molecular weight excluding hydrogens is 442 g/mol. The van der Waals surface area contributed by atoms with E-state index in [2.05, 4.69) is 15.3 Å². The van der Waals surface area contributed by atoms with Crippen molar-refractivity contribution in [3.63, 3.8) is 0 Å². The number of primary amides is 1. The highest BCUT2D eigenvalue weighted by Gasteiger charge is 2.31. The second-order valence-corrected chi connectivity index (χ2v) is 7.19. The number of amides is 1. The van der Waals surface area contributed by atoms with Crippen molar-refractivity contribution in [3.05, 3.63) is 71.8 Å². The smallest absolute Gasteiger partial charge is 0.416 e. The van der Waals surface area contributed by atoms with Crippen LogP contribution in [-0.2, 0) is 24.4 Å². The lowest BCUT2D eigenvalue weighted by atomic mass is 10.2. The maximum absolute atomic E-state index is 14.1. The molecule has 0 atom stereocenters. The maximum Gasteiger partial charge on any atom is 0.416 e. The summed E-state index contributed by atoms with van der Waals surface area (Å²) in [6.45, 7) is 0.